The molecule has 0 saturated carbocycles. The normalized spacial score (nSPS) is 21.1. The Bertz CT molecular complexity index is 1130. The molecule has 0 radical (unpaired) electrons. The van der Waals surface area contributed by atoms with Gasteiger partial charge < -0.3 is 15.2 Å². The summed E-state index contributed by atoms with van der Waals surface area (Å²) in [5, 5.41) is 13.0. The number of rotatable bonds is 5. The van der Waals surface area contributed by atoms with Gasteiger partial charge >= 0.3 is 5.97 Å². The summed E-state index contributed by atoms with van der Waals surface area (Å²) in [7, 11) is 0. The zero-order chi connectivity index (χ0) is 21.4. The number of aromatic carboxylic acids is 1. The van der Waals surface area contributed by atoms with Crippen molar-refractivity contribution in [1.29, 1.82) is 0 Å². The Kier molecular flexibility index (Phi) is 4.99. The van der Waals surface area contributed by atoms with Crippen molar-refractivity contribution in [3.8, 4) is 5.75 Å². The first-order valence-electron chi connectivity index (χ1n) is 10.7. The highest BCUT2D eigenvalue weighted by Gasteiger charge is 2.38. The molecular weight excluding hydrogens is 386 g/mol. The van der Waals surface area contributed by atoms with Gasteiger partial charge in [-0.1, -0.05) is 54.1 Å². The van der Waals surface area contributed by atoms with E-state index in [1.165, 1.54) is 11.1 Å². The summed E-state index contributed by atoms with van der Waals surface area (Å²) in [6.07, 6.45) is 5.42. The summed E-state index contributed by atoms with van der Waals surface area (Å²) in [6, 6.07) is 22.3. The molecule has 0 fully saturated rings. The smallest absolute Gasteiger partial charge is 0.335 e. The fraction of sp³-hybridized carbons (Fsp3) is 0.222. The topological polar surface area (TPSA) is 58.6 Å². The van der Waals surface area contributed by atoms with E-state index in [1.807, 2.05) is 24.3 Å². The maximum Gasteiger partial charge on any atom is 0.335 e. The molecule has 1 heterocycles. The summed E-state index contributed by atoms with van der Waals surface area (Å²) in [5.41, 5.74) is 6.05. The number of aryl methyl sites for hydroxylation is 1. The van der Waals surface area contributed by atoms with Gasteiger partial charge in [-0.15, -0.1) is 0 Å². The lowest BCUT2D eigenvalue weighted by atomic mass is 9.76. The second kappa shape index (κ2) is 7.95. The van der Waals surface area contributed by atoms with Gasteiger partial charge in [0.25, 0.3) is 0 Å². The monoisotopic (exact) mass is 411 g/mol. The fourth-order valence-corrected chi connectivity index (χ4v) is 4.68. The highest BCUT2D eigenvalue weighted by Crippen LogP contribution is 2.50. The molecular formula is C27H25NO3. The van der Waals surface area contributed by atoms with Gasteiger partial charge in [-0.2, -0.15) is 0 Å². The minimum Gasteiger partial charge on any atom is -0.489 e. The number of carbonyl (C=O) groups is 1. The molecule has 2 aliphatic rings. The van der Waals surface area contributed by atoms with Crippen LogP contribution in [0.25, 0.3) is 0 Å². The molecule has 0 amide bonds. The molecule has 5 rings (SSSR count). The highest BCUT2D eigenvalue weighted by molar-refractivity contribution is 5.89. The van der Waals surface area contributed by atoms with Crippen LogP contribution in [0.15, 0.2) is 78.9 Å². The van der Waals surface area contributed by atoms with Gasteiger partial charge in [0.1, 0.15) is 12.4 Å². The van der Waals surface area contributed by atoms with Gasteiger partial charge in [0.05, 0.1) is 11.6 Å². The molecule has 0 saturated heterocycles. The lowest BCUT2D eigenvalue weighted by Gasteiger charge is -2.37. The number of hydrogen-bond donors (Lipinski definition) is 2. The van der Waals surface area contributed by atoms with E-state index >= 15 is 0 Å². The fourth-order valence-electron chi connectivity index (χ4n) is 4.68. The molecule has 3 aromatic carbocycles. The number of nitrogens with one attached hydrogen (secondary N) is 1. The number of carboxylic acid groups (broad SMARTS) is 1. The quantitative estimate of drug-likeness (QED) is 0.498. The third kappa shape index (κ3) is 3.81. The third-order valence-corrected chi connectivity index (χ3v) is 6.38. The average Bonchev–Trinajstić information content (AvgIpc) is 3.28. The predicted molar refractivity (Wildman–Crippen MR) is 122 cm³/mol. The summed E-state index contributed by atoms with van der Waals surface area (Å²) in [6.45, 7) is 2.63. The molecule has 3 atom stereocenters. The van der Waals surface area contributed by atoms with E-state index in [-0.39, 0.29) is 12.0 Å². The van der Waals surface area contributed by atoms with Crippen molar-refractivity contribution in [2.45, 2.75) is 31.9 Å². The van der Waals surface area contributed by atoms with E-state index in [0.717, 1.165) is 29.0 Å². The minimum absolute atomic E-state index is 0.175. The molecule has 0 spiro atoms. The van der Waals surface area contributed by atoms with Gasteiger partial charge in [-0.05, 0) is 66.3 Å². The van der Waals surface area contributed by atoms with E-state index in [2.05, 4.69) is 60.8 Å². The molecule has 31 heavy (non-hydrogen) atoms. The zero-order valence-corrected chi connectivity index (χ0v) is 17.4. The van der Waals surface area contributed by atoms with Gasteiger partial charge in [0, 0.05) is 11.6 Å². The van der Waals surface area contributed by atoms with Gasteiger partial charge in [0.15, 0.2) is 0 Å². The maximum atomic E-state index is 11.4. The van der Waals surface area contributed by atoms with E-state index < -0.39 is 5.97 Å². The number of fused-ring (bicyclic) bond motifs is 3. The standard InChI is InChI=1S/C27H25NO3/c1-17-5-7-18(8-6-17)16-31-21-12-9-19(10-13-21)26-23-4-2-3-22(23)24-15-20(27(29)30)11-14-25(24)28-26/h2-3,5-15,22-23,26,28H,4,16H2,1H3,(H,29,30)/t22-,23+,26+/m1/s1. The van der Waals surface area contributed by atoms with E-state index in [4.69, 9.17) is 4.74 Å². The van der Waals surface area contributed by atoms with Crippen LogP contribution in [0.2, 0.25) is 0 Å². The van der Waals surface area contributed by atoms with E-state index in [1.54, 1.807) is 6.07 Å². The van der Waals surface area contributed by atoms with Crippen LogP contribution in [0.3, 0.4) is 0 Å². The molecule has 1 aliphatic heterocycles. The highest BCUT2D eigenvalue weighted by atomic mass is 16.5. The van der Waals surface area contributed by atoms with Crippen LogP contribution < -0.4 is 10.1 Å². The Labute approximate surface area is 182 Å². The van der Waals surface area contributed by atoms with E-state index in [0.29, 0.717) is 18.1 Å². The molecule has 4 nitrogen and oxygen atoms in total. The number of ether oxygens (including phenoxy) is 1. The van der Waals surface area contributed by atoms with Crippen molar-refractivity contribution in [2.75, 3.05) is 5.32 Å². The predicted octanol–water partition coefficient (Wildman–Crippen LogP) is 6.10. The number of hydrogen-bond acceptors (Lipinski definition) is 3. The number of anilines is 1. The third-order valence-electron chi connectivity index (χ3n) is 6.38. The van der Waals surface area contributed by atoms with Gasteiger partial charge in [0.2, 0.25) is 0 Å². The Balaban J connectivity index is 1.34. The van der Waals surface area contributed by atoms with Crippen molar-refractivity contribution in [3.05, 3.63) is 107 Å². The first-order valence-corrected chi connectivity index (χ1v) is 10.7. The summed E-state index contributed by atoms with van der Waals surface area (Å²) < 4.78 is 5.96. The first kappa shape index (κ1) is 19.4. The van der Waals surface area contributed by atoms with Crippen LogP contribution in [-0.4, -0.2) is 11.1 Å². The molecule has 4 heteroatoms. The van der Waals surface area contributed by atoms with Crippen LogP contribution in [-0.2, 0) is 6.61 Å². The molecule has 3 aromatic rings. The number of benzene rings is 3. The molecule has 1 aliphatic carbocycles. The van der Waals surface area contributed by atoms with Crippen molar-refractivity contribution in [2.24, 2.45) is 5.92 Å². The molecule has 2 N–H and O–H groups in total. The van der Waals surface area contributed by atoms with Crippen molar-refractivity contribution < 1.29 is 14.6 Å². The van der Waals surface area contributed by atoms with Crippen LogP contribution in [0.5, 0.6) is 5.75 Å². The average molecular weight is 412 g/mol. The van der Waals surface area contributed by atoms with Gasteiger partial charge in [-0.3, -0.25) is 0 Å². The number of carboxylic acids is 1. The van der Waals surface area contributed by atoms with Crippen LogP contribution in [0.1, 0.15) is 51.0 Å². The Hall–Kier alpha value is -3.53. The largest absolute Gasteiger partial charge is 0.489 e. The Morgan fingerprint density at radius 1 is 1.06 bits per heavy atom. The molecule has 156 valence electrons. The second-order valence-corrected chi connectivity index (χ2v) is 8.43. The molecule has 0 bridgehead atoms. The van der Waals surface area contributed by atoms with Crippen LogP contribution in [0.4, 0.5) is 5.69 Å². The summed E-state index contributed by atoms with van der Waals surface area (Å²) in [4.78, 5) is 11.4. The Morgan fingerprint density at radius 3 is 2.58 bits per heavy atom. The van der Waals surface area contributed by atoms with Crippen molar-refractivity contribution >= 4 is 11.7 Å². The molecule has 0 aromatic heterocycles. The first-order chi connectivity index (χ1) is 15.1. The summed E-state index contributed by atoms with van der Waals surface area (Å²) in [5.74, 6) is 0.575. The second-order valence-electron chi connectivity index (χ2n) is 8.43. The van der Waals surface area contributed by atoms with Crippen molar-refractivity contribution in [1.82, 2.24) is 0 Å². The Morgan fingerprint density at radius 2 is 1.84 bits per heavy atom. The number of allylic oxidation sites excluding steroid dienone is 2. The van der Waals surface area contributed by atoms with Crippen molar-refractivity contribution in [3.63, 3.8) is 0 Å². The van der Waals surface area contributed by atoms with Crippen LogP contribution in [0, 0.1) is 12.8 Å². The summed E-state index contributed by atoms with van der Waals surface area (Å²) >= 11 is 0. The van der Waals surface area contributed by atoms with Gasteiger partial charge in [-0.25, -0.2) is 4.79 Å². The van der Waals surface area contributed by atoms with Crippen LogP contribution >= 0.6 is 0 Å². The SMILES string of the molecule is Cc1ccc(COc2ccc([C@@H]3Nc4ccc(C(=O)O)cc4[C@@H]4C=CC[C@@H]43)cc2)cc1. The minimum atomic E-state index is -0.885. The lowest BCUT2D eigenvalue weighted by molar-refractivity contribution is 0.0696. The van der Waals surface area contributed by atoms with E-state index in [9.17, 15) is 9.90 Å². The maximum absolute atomic E-state index is 11.4. The molecule has 0 unspecified atom stereocenters. The lowest BCUT2D eigenvalue weighted by Crippen LogP contribution is -2.29. The zero-order valence-electron chi connectivity index (χ0n) is 17.4.